The highest BCUT2D eigenvalue weighted by atomic mass is 16.4. The smallest absolute Gasteiger partial charge is 0.329 e. The molecule has 3 atom stereocenters. The number of benzene rings is 2. The molecule has 1 heterocycles. The van der Waals surface area contributed by atoms with Crippen LogP contribution in [0, 0.1) is 5.92 Å². The molecule has 2 aromatic carbocycles. The third-order valence-corrected chi connectivity index (χ3v) is 5.80. The van der Waals surface area contributed by atoms with Crippen LogP contribution in [0.3, 0.4) is 0 Å². The van der Waals surface area contributed by atoms with Crippen molar-refractivity contribution >= 4 is 28.7 Å². The van der Waals surface area contributed by atoms with Gasteiger partial charge in [0, 0.05) is 6.42 Å². The molecule has 0 spiro atoms. The standard InChI is InChI=1S/C26H30N4O6/c1-15(2)13-20(25(34)35)28-22(31)16(3)27-23(32)21(14-17-9-5-4-6-10-17)30-24(33)18-11-7-8-12-19(18)29-26(30)36/h4-12,15-16,20-21H,13-14H2,1-3H3,(H,27,32)(H,28,31)(H,29,36)(H,34,35). The minimum absolute atomic E-state index is 0.0213. The van der Waals surface area contributed by atoms with E-state index in [1.807, 2.05) is 13.8 Å². The quantitative estimate of drug-likeness (QED) is 0.336. The van der Waals surface area contributed by atoms with Crippen molar-refractivity contribution in [2.45, 2.75) is 51.7 Å². The molecule has 3 rings (SSSR count). The third kappa shape index (κ3) is 6.26. The van der Waals surface area contributed by atoms with Gasteiger partial charge >= 0.3 is 11.7 Å². The second-order valence-electron chi connectivity index (χ2n) is 9.12. The first kappa shape index (κ1) is 26.4. The van der Waals surface area contributed by atoms with Crippen LogP contribution in [0.5, 0.6) is 0 Å². The molecule has 3 aromatic rings. The molecule has 4 N–H and O–H groups in total. The van der Waals surface area contributed by atoms with Crippen molar-refractivity contribution in [3.63, 3.8) is 0 Å². The van der Waals surface area contributed by atoms with Gasteiger partial charge in [-0.1, -0.05) is 56.3 Å². The van der Waals surface area contributed by atoms with Crippen molar-refractivity contribution < 1.29 is 19.5 Å². The molecule has 190 valence electrons. The molecule has 0 fully saturated rings. The van der Waals surface area contributed by atoms with E-state index < -0.39 is 47.2 Å². The van der Waals surface area contributed by atoms with E-state index in [0.29, 0.717) is 11.1 Å². The number of fused-ring (bicyclic) bond motifs is 1. The van der Waals surface area contributed by atoms with E-state index in [0.717, 1.165) is 4.57 Å². The number of aromatic nitrogens is 2. The maximum Gasteiger partial charge on any atom is 0.329 e. The lowest BCUT2D eigenvalue weighted by Gasteiger charge is -2.23. The summed E-state index contributed by atoms with van der Waals surface area (Å²) in [6.07, 6.45) is 0.244. The molecule has 10 heteroatoms. The van der Waals surface area contributed by atoms with Gasteiger partial charge in [-0.05, 0) is 37.0 Å². The fraction of sp³-hybridized carbons (Fsp3) is 0.346. The Morgan fingerprint density at radius 2 is 1.56 bits per heavy atom. The number of carbonyl (C=O) groups excluding carboxylic acids is 2. The first-order valence-corrected chi connectivity index (χ1v) is 11.7. The number of para-hydroxylation sites is 1. The van der Waals surface area contributed by atoms with Crippen molar-refractivity contribution in [3.8, 4) is 0 Å². The normalized spacial score (nSPS) is 13.7. The van der Waals surface area contributed by atoms with Gasteiger partial charge in [-0.15, -0.1) is 0 Å². The molecular formula is C26H30N4O6. The van der Waals surface area contributed by atoms with E-state index in [1.54, 1.807) is 54.6 Å². The van der Waals surface area contributed by atoms with Crippen molar-refractivity contribution in [2.24, 2.45) is 5.92 Å². The zero-order chi connectivity index (χ0) is 26.4. The number of carbonyl (C=O) groups is 3. The van der Waals surface area contributed by atoms with Gasteiger partial charge in [0.1, 0.15) is 18.1 Å². The maximum atomic E-state index is 13.4. The summed E-state index contributed by atoms with van der Waals surface area (Å²) in [5.74, 6) is -2.56. The van der Waals surface area contributed by atoms with Crippen LogP contribution >= 0.6 is 0 Å². The SMILES string of the molecule is CC(C)CC(NC(=O)C(C)NC(=O)C(Cc1ccccc1)n1c(=O)[nH]c2ccccc2c1=O)C(=O)O. The lowest BCUT2D eigenvalue weighted by atomic mass is 10.0. The number of aliphatic carboxylic acids is 1. The van der Waals surface area contributed by atoms with Gasteiger partial charge in [0.2, 0.25) is 11.8 Å². The number of nitrogens with zero attached hydrogens (tertiary/aromatic N) is 1. The summed E-state index contributed by atoms with van der Waals surface area (Å²) >= 11 is 0. The minimum Gasteiger partial charge on any atom is -0.480 e. The van der Waals surface area contributed by atoms with E-state index in [2.05, 4.69) is 15.6 Å². The average Bonchev–Trinajstić information content (AvgIpc) is 2.83. The Balaban J connectivity index is 1.92. The number of nitrogens with one attached hydrogen (secondary N) is 3. The summed E-state index contributed by atoms with van der Waals surface area (Å²) in [7, 11) is 0. The molecule has 10 nitrogen and oxygen atoms in total. The van der Waals surface area contributed by atoms with Gasteiger partial charge < -0.3 is 20.7 Å². The Kier molecular flexibility index (Phi) is 8.42. The Morgan fingerprint density at radius 1 is 0.917 bits per heavy atom. The summed E-state index contributed by atoms with van der Waals surface area (Å²) < 4.78 is 0.855. The molecule has 1 aromatic heterocycles. The second-order valence-corrected chi connectivity index (χ2v) is 9.12. The number of H-pyrrole nitrogens is 1. The maximum absolute atomic E-state index is 13.4. The van der Waals surface area contributed by atoms with Gasteiger partial charge in [-0.25, -0.2) is 14.2 Å². The summed E-state index contributed by atoms with van der Waals surface area (Å²) in [5.41, 5.74) is -0.336. The molecule has 0 bridgehead atoms. The lowest BCUT2D eigenvalue weighted by Crippen LogP contribution is -2.53. The molecule has 0 aliphatic rings. The molecule has 0 radical (unpaired) electrons. The van der Waals surface area contributed by atoms with Crippen LogP contribution in [-0.2, 0) is 20.8 Å². The van der Waals surface area contributed by atoms with Gasteiger partial charge in [-0.3, -0.25) is 14.4 Å². The molecule has 0 aliphatic heterocycles. The summed E-state index contributed by atoms with van der Waals surface area (Å²) in [6.45, 7) is 5.08. The van der Waals surface area contributed by atoms with Crippen molar-refractivity contribution in [2.75, 3.05) is 0 Å². The molecule has 0 aliphatic carbocycles. The van der Waals surface area contributed by atoms with E-state index in [1.165, 1.54) is 6.92 Å². The molecule has 2 amide bonds. The zero-order valence-electron chi connectivity index (χ0n) is 20.4. The number of amides is 2. The van der Waals surface area contributed by atoms with Gasteiger partial charge in [-0.2, -0.15) is 0 Å². The summed E-state index contributed by atoms with van der Waals surface area (Å²) in [4.78, 5) is 66.4. The molecular weight excluding hydrogens is 464 g/mol. The van der Waals surface area contributed by atoms with Crippen LogP contribution < -0.4 is 21.9 Å². The van der Waals surface area contributed by atoms with Crippen molar-refractivity contribution in [1.82, 2.24) is 20.2 Å². The van der Waals surface area contributed by atoms with Crippen LogP contribution in [-0.4, -0.2) is 44.5 Å². The molecule has 0 saturated heterocycles. The van der Waals surface area contributed by atoms with Gasteiger partial charge in [0.15, 0.2) is 0 Å². The highest BCUT2D eigenvalue weighted by Crippen LogP contribution is 2.14. The predicted octanol–water partition coefficient (Wildman–Crippen LogP) is 1.59. The van der Waals surface area contributed by atoms with Crippen molar-refractivity contribution in [1.29, 1.82) is 0 Å². The zero-order valence-corrected chi connectivity index (χ0v) is 20.4. The van der Waals surface area contributed by atoms with Crippen LogP contribution in [0.25, 0.3) is 10.9 Å². The van der Waals surface area contributed by atoms with Crippen LogP contribution in [0.1, 0.15) is 38.8 Å². The average molecular weight is 495 g/mol. The summed E-state index contributed by atoms with van der Waals surface area (Å²) in [6, 6.07) is 11.9. The second kappa shape index (κ2) is 11.5. The topological polar surface area (TPSA) is 150 Å². The van der Waals surface area contributed by atoms with Gasteiger partial charge in [0.05, 0.1) is 10.9 Å². The lowest BCUT2D eigenvalue weighted by molar-refractivity contribution is -0.142. The van der Waals surface area contributed by atoms with E-state index in [9.17, 15) is 29.1 Å². The molecule has 3 unspecified atom stereocenters. The number of hydrogen-bond acceptors (Lipinski definition) is 5. The minimum atomic E-state index is -1.26. The Bertz CT molecular complexity index is 1360. The van der Waals surface area contributed by atoms with Crippen LogP contribution in [0.4, 0.5) is 0 Å². The van der Waals surface area contributed by atoms with E-state index >= 15 is 0 Å². The van der Waals surface area contributed by atoms with Gasteiger partial charge in [0.25, 0.3) is 5.56 Å². The molecule has 36 heavy (non-hydrogen) atoms. The highest BCUT2D eigenvalue weighted by Gasteiger charge is 2.29. The summed E-state index contributed by atoms with van der Waals surface area (Å²) in [5, 5.41) is 14.6. The Labute approximate surface area is 207 Å². The van der Waals surface area contributed by atoms with Crippen molar-refractivity contribution in [3.05, 3.63) is 81.0 Å². The number of carboxylic acids is 1. The number of rotatable bonds is 10. The fourth-order valence-corrected chi connectivity index (χ4v) is 3.96. The van der Waals surface area contributed by atoms with Crippen LogP contribution in [0.15, 0.2) is 64.2 Å². The van der Waals surface area contributed by atoms with Crippen LogP contribution in [0.2, 0.25) is 0 Å². The first-order chi connectivity index (χ1) is 17.1. The first-order valence-electron chi connectivity index (χ1n) is 11.7. The third-order valence-electron chi connectivity index (χ3n) is 5.80. The number of aromatic amines is 1. The van der Waals surface area contributed by atoms with E-state index in [4.69, 9.17) is 0 Å². The Hall–Kier alpha value is -4.21. The number of hydrogen-bond donors (Lipinski definition) is 4. The highest BCUT2D eigenvalue weighted by molar-refractivity contribution is 5.91. The predicted molar refractivity (Wildman–Crippen MR) is 135 cm³/mol. The molecule has 0 saturated carbocycles. The van der Waals surface area contributed by atoms with E-state index in [-0.39, 0.29) is 24.1 Å². The monoisotopic (exact) mass is 494 g/mol. The number of carboxylic acid groups (broad SMARTS) is 1. The largest absolute Gasteiger partial charge is 0.480 e. The Morgan fingerprint density at radius 3 is 2.19 bits per heavy atom. The fourth-order valence-electron chi connectivity index (χ4n) is 3.96.